The number of benzene rings is 1. The van der Waals surface area contributed by atoms with Crippen molar-refractivity contribution in [1.82, 2.24) is 10.0 Å². The lowest BCUT2D eigenvalue weighted by Gasteiger charge is -2.05. The molecule has 1 aromatic rings. The molecule has 0 aliphatic heterocycles. The van der Waals surface area contributed by atoms with Gasteiger partial charge in [0.1, 0.15) is 0 Å². The third-order valence-corrected chi connectivity index (χ3v) is 3.44. The lowest BCUT2D eigenvalue weighted by molar-refractivity contribution is 0.0963. The van der Waals surface area contributed by atoms with Crippen LogP contribution in [-0.2, 0) is 10.0 Å². The number of nitrogens with one attached hydrogen (secondary N) is 2. The maximum absolute atomic E-state index is 11.6. The van der Waals surface area contributed by atoms with Gasteiger partial charge in [-0.2, -0.15) is 4.72 Å². The molecule has 2 N–H and O–H groups in total. The van der Waals surface area contributed by atoms with Crippen LogP contribution in [0.1, 0.15) is 10.4 Å². The molecular weight excluding hydrogens is 240 g/mol. The van der Waals surface area contributed by atoms with Gasteiger partial charge in [0, 0.05) is 12.6 Å². The molecule has 6 heteroatoms. The molecule has 0 aliphatic carbocycles. The highest BCUT2D eigenvalue weighted by molar-refractivity contribution is 7.89. The second-order valence-electron chi connectivity index (χ2n) is 3.13. The summed E-state index contributed by atoms with van der Waals surface area (Å²) in [7, 11) is -2.09. The van der Waals surface area contributed by atoms with Crippen molar-refractivity contribution in [3.8, 4) is 12.3 Å². The van der Waals surface area contributed by atoms with Crippen LogP contribution in [0.3, 0.4) is 0 Å². The second-order valence-corrected chi connectivity index (χ2v) is 4.90. The van der Waals surface area contributed by atoms with Crippen LogP contribution in [0, 0.1) is 12.3 Å². The Morgan fingerprint density at radius 3 is 2.41 bits per heavy atom. The van der Waals surface area contributed by atoms with E-state index in [1.54, 1.807) is 0 Å². The molecule has 0 spiro atoms. The first-order valence-electron chi connectivity index (χ1n) is 4.76. The zero-order chi connectivity index (χ0) is 12.9. The van der Waals surface area contributed by atoms with Gasteiger partial charge in [-0.05, 0) is 24.3 Å². The Hall–Kier alpha value is -1.84. The molecule has 0 saturated carbocycles. The first-order valence-corrected chi connectivity index (χ1v) is 6.25. The van der Waals surface area contributed by atoms with Gasteiger partial charge < -0.3 is 5.32 Å². The topological polar surface area (TPSA) is 75.3 Å². The molecule has 0 fully saturated rings. The number of hydrogen-bond acceptors (Lipinski definition) is 3. The van der Waals surface area contributed by atoms with E-state index >= 15 is 0 Å². The van der Waals surface area contributed by atoms with Gasteiger partial charge in [0.2, 0.25) is 10.0 Å². The normalized spacial score (nSPS) is 10.6. The van der Waals surface area contributed by atoms with Crippen molar-refractivity contribution < 1.29 is 13.2 Å². The molecule has 90 valence electrons. The van der Waals surface area contributed by atoms with Crippen molar-refractivity contribution in [2.24, 2.45) is 0 Å². The number of hydrogen-bond donors (Lipinski definition) is 2. The number of carbonyl (C=O) groups is 1. The SMILES string of the molecule is C#CCNS(=O)(=O)c1ccc(C(=O)NC)cc1. The molecule has 5 nitrogen and oxygen atoms in total. The van der Waals surface area contributed by atoms with E-state index in [2.05, 4.69) is 16.0 Å². The molecule has 0 aliphatic rings. The highest BCUT2D eigenvalue weighted by Crippen LogP contribution is 2.10. The van der Waals surface area contributed by atoms with E-state index in [1.165, 1.54) is 31.3 Å². The van der Waals surface area contributed by atoms with E-state index in [0.29, 0.717) is 5.56 Å². The highest BCUT2D eigenvalue weighted by Gasteiger charge is 2.13. The molecule has 0 radical (unpaired) electrons. The van der Waals surface area contributed by atoms with Crippen LogP contribution in [0.15, 0.2) is 29.2 Å². The molecule has 1 aromatic carbocycles. The Morgan fingerprint density at radius 1 is 1.35 bits per heavy atom. The van der Waals surface area contributed by atoms with Crippen LogP contribution < -0.4 is 10.0 Å². The summed E-state index contributed by atoms with van der Waals surface area (Å²) < 4.78 is 25.5. The summed E-state index contributed by atoms with van der Waals surface area (Å²) in [4.78, 5) is 11.3. The van der Waals surface area contributed by atoms with Crippen molar-refractivity contribution >= 4 is 15.9 Å². The van der Waals surface area contributed by atoms with Crippen LogP contribution in [-0.4, -0.2) is 27.9 Å². The Morgan fingerprint density at radius 2 is 1.94 bits per heavy atom. The van der Waals surface area contributed by atoms with Crippen LogP contribution in [0.25, 0.3) is 0 Å². The smallest absolute Gasteiger partial charge is 0.251 e. The van der Waals surface area contributed by atoms with Crippen LogP contribution in [0.4, 0.5) is 0 Å². The monoisotopic (exact) mass is 252 g/mol. The zero-order valence-electron chi connectivity index (χ0n) is 9.23. The molecule has 1 amide bonds. The molecule has 0 unspecified atom stereocenters. The lowest BCUT2D eigenvalue weighted by atomic mass is 10.2. The zero-order valence-corrected chi connectivity index (χ0v) is 10.0. The summed E-state index contributed by atoms with van der Waals surface area (Å²) in [6.07, 6.45) is 4.97. The van der Waals surface area contributed by atoms with Crippen molar-refractivity contribution in [2.45, 2.75) is 4.90 Å². The summed E-state index contributed by atoms with van der Waals surface area (Å²) in [5.74, 6) is 1.91. The van der Waals surface area contributed by atoms with Gasteiger partial charge in [-0.25, -0.2) is 8.42 Å². The van der Waals surface area contributed by atoms with Gasteiger partial charge in [0.15, 0.2) is 0 Å². The van der Waals surface area contributed by atoms with Gasteiger partial charge in [0.25, 0.3) is 5.91 Å². The van der Waals surface area contributed by atoms with E-state index in [-0.39, 0.29) is 17.3 Å². The Balaban J connectivity index is 2.95. The van der Waals surface area contributed by atoms with Gasteiger partial charge >= 0.3 is 0 Å². The number of rotatable bonds is 4. The van der Waals surface area contributed by atoms with Crippen molar-refractivity contribution in [3.05, 3.63) is 29.8 Å². The largest absolute Gasteiger partial charge is 0.355 e. The van der Waals surface area contributed by atoms with Crippen molar-refractivity contribution in [3.63, 3.8) is 0 Å². The average molecular weight is 252 g/mol. The summed E-state index contributed by atoms with van der Waals surface area (Å²) in [5.41, 5.74) is 0.392. The number of sulfonamides is 1. The van der Waals surface area contributed by atoms with E-state index in [1.807, 2.05) is 0 Å². The average Bonchev–Trinajstić information content (AvgIpc) is 2.35. The Labute approximate surface area is 100 Å². The fraction of sp³-hybridized carbons (Fsp3) is 0.182. The molecule has 17 heavy (non-hydrogen) atoms. The second kappa shape index (κ2) is 5.48. The Bertz CT molecular complexity index is 541. The molecule has 0 aromatic heterocycles. The fourth-order valence-corrected chi connectivity index (χ4v) is 2.08. The maximum Gasteiger partial charge on any atom is 0.251 e. The van der Waals surface area contributed by atoms with Crippen molar-refractivity contribution in [1.29, 1.82) is 0 Å². The minimum absolute atomic E-state index is 0.0698. The van der Waals surface area contributed by atoms with Gasteiger partial charge in [-0.15, -0.1) is 6.42 Å². The van der Waals surface area contributed by atoms with Crippen molar-refractivity contribution in [2.75, 3.05) is 13.6 Å². The standard InChI is InChI=1S/C11H12N2O3S/c1-3-8-13-17(15,16)10-6-4-9(5-7-10)11(14)12-2/h1,4-7,13H,8H2,2H3,(H,12,14). The fourth-order valence-electron chi connectivity index (χ4n) is 1.15. The van der Waals surface area contributed by atoms with Gasteiger partial charge in [-0.3, -0.25) is 4.79 Å². The predicted molar refractivity (Wildman–Crippen MR) is 63.9 cm³/mol. The molecule has 0 heterocycles. The summed E-state index contributed by atoms with van der Waals surface area (Å²) in [6, 6.07) is 5.57. The van der Waals surface area contributed by atoms with Gasteiger partial charge in [-0.1, -0.05) is 5.92 Å². The predicted octanol–water partition coefficient (Wildman–Crippen LogP) is -0.0423. The summed E-state index contributed by atoms with van der Waals surface area (Å²) in [6.45, 7) is -0.0699. The third-order valence-electron chi connectivity index (χ3n) is 2.02. The van der Waals surface area contributed by atoms with E-state index in [4.69, 9.17) is 6.42 Å². The lowest BCUT2D eigenvalue weighted by Crippen LogP contribution is -2.24. The van der Waals surface area contributed by atoms with Gasteiger partial charge in [0.05, 0.1) is 11.4 Å². The van der Waals surface area contributed by atoms with E-state index in [9.17, 15) is 13.2 Å². The maximum atomic E-state index is 11.6. The minimum Gasteiger partial charge on any atom is -0.355 e. The number of terminal acetylenes is 1. The van der Waals surface area contributed by atoms with Crippen LogP contribution in [0.5, 0.6) is 0 Å². The highest BCUT2D eigenvalue weighted by atomic mass is 32.2. The first-order chi connectivity index (χ1) is 8.01. The molecular formula is C11H12N2O3S. The molecule has 1 rings (SSSR count). The van der Waals surface area contributed by atoms with Crippen LogP contribution >= 0.6 is 0 Å². The number of amides is 1. The minimum atomic E-state index is -3.60. The van der Waals surface area contributed by atoms with E-state index < -0.39 is 10.0 Å². The number of carbonyl (C=O) groups excluding carboxylic acids is 1. The van der Waals surface area contributed by atoms with Crippen LogP contribution in [0.2, 0.25) is 0 Å². The quantitative estimate of drug-likeness (QED) is 0.738. The molecule has 0 atom stereocenters. The summed E-state index contributed by atoms with van der Waals surface area (Å²) >= 11 is 0. The summed E-state index contributed by atoms with van der Waals surface area (Å²) in [5, 5.41) is 2.44. The molecule has 0 bridgehead atoms. The molecule has 0 saturated heterocycles. The first kappa shape index (κ1) is 13.2. The third kappa shape index (κ3) is 3.31. The van der Waals surface area contributed by atoms with E-state index in [0.717, 1.165) is 0 Å². The Kier molecular flexibility index (Phi) is 4.26.